The highest BCUT2D eigenvalue weighted by Gasteiger charge is 2.46. The molecule has 0 fully saturated rings. The zero-order chi connectivity index (χ0) is 46.4. The summed E-state index contributed by atoms with van der Waals surface area (Å²) >= 11 is 0. The van der Waals surface area contributed by atoms with E-state index in [1.807, 2.05) is 0 Å². The Morgan fingerprint density at radius 2 is 0.657 bits per heavy atom. The molecule has 0 N–H and O–H groups in total. The first-order valence-corrected chi connectivity index (χ1v) is 24.2. The average Bonchev–Trinajstić information content (AvgIpc) is 3.75. The van der Waals surface area contributed by atoms with Crippen LogP contribution < -0.4 is 4.90 Å². The van der Waals surface area contributed by atoms with E-state index in [2.05, 4.69) is 290 Å². The van der Waals surface area contributed by atoms with Crippen LogP contribution in [0.25, 0.3) is 77.2 Å². The summed E-state index contributed by atoms with van der Waals surface area (Å²) in [6.07, 6.45) is 0. The number of rotatable bonds is 9. The summed E-state index contributed by atoms with van der Waals surface area (Å²) in [5, 5.41) is 4.84. The molecule has 0 spiro atoms. The molecule has 1 heteroatoms. The van der Waals surface area contributed by atoms with E-state index in [9.17, 15) is 0 Å². The maximum atomic E-state index is 2.54. The van der Waals surface area contributed by atoms with Gasteiger partial charge >= 0.3 is 0 Å². The molecule has 0 aromatic heterocycles. The Hall–Kier alpha value is -9.04. The van der Waals surface area contributed by atoms with Crippen molar-refractivity contribution in [3.8, 4) is 55.6 Å². The minimum atomic E-state index is -0.504. The summed E-state index contributed by atoms with van der Waals surface area (Å²) in [4.78, 5) is 2.54. The maximum absolute atomic E-state index is 2.54. The molecule has 0 unspecified atom stereocenters. The van der Waals surface area contributed by atoms with E-state index in [-0.39, 0.29) is 0 Å². The molecule has 0 saturated carbocycles. The van der Waals surface area contributed by atoms with Gasteiger partial charge in [0.15, 0.2) is 0 Å². The van der Waals surface area contributed by atoms with Gasteiger partial charge in [-0.1, -0.05) is 255 Å². The lowest BCUT2D eigenvalue weighted by atomic mass is 9.68. The Kier molecular flexibility index (Phi) is 10.1. The van der Waals surface area contributed by atoms with Crippen LogP contribution in [0, 0.1) is 0 Å². The number of fused-ring (bicyclic) bond motifs is 6. The molecule has 12 aromatic carbocycles. The van der Waals surface area contributed by atoms with Gasteiger partial charge in [0, 0.05) is 22.3 Å². The molecule has 0 amide bonds. The Morgan fingerprint density at radius 3 is 1.27 bits per heavy atom. The van der Waals surface area contributed by atoms with Crippen LogP contribution in [0.2, 0.25) is 0 Å². The van der Waals surface area contributed by atoms with Crippen LogP contribution in [-0.2, 0) is 5.41 Å². The molecule has 0 heterocycles. The van der Waals surface area contributed by atoms with Gasteiger partial charge in [0.25, 0.3) is 0 Å². The summed E-state index contributed by atoms with van der Waals surface area (Å²) < 4.78 is 0. The smallest absolute Gasteiger partial charge is 0.0713 e. The second kappa shape index (κ2) is 17.2. The second-order valence-corrected chi connectivity index (χ2v) is 18.3. The van der Waals surface area contributed by atoms with Gasteiger partial charge in [-0.25, -0.2) is 0 Å². The lowest BCUT2D eigenvalue weighted by Gasteiger charge is -2.34. The normalized spacial score (nSPS) is 12.4. The highest BCUT2D eigenvalue weighted by molar-refractivity contribution is 6.22. The SMILES string of the molecule is c1ccc(-c2ccc(-c3cccc(-c4c(N(c5ccc(-c6ccccc6)cc5)c5ccc6c(c5)-c5ccccc5C6(c5ccccc5)c5ccccc5)c5ccccc5c5ccccc45)c3)cc2)cc1. The summed E-state index contributed by atoms with van der Waals surface area (Å²) in [7, 11) is 0. The molecule has 12 aromatic rings. The van der Waals surface area contributed by atoms with E-state index in [1.54, 1.807) is 0 Å². The largest absolute Gasteiger partial charge is 0.309 e. The Bertz CT molecular complexity index is 3800. The van der Waals surface area contributed by atoms with Crippen molar-refractivity contribution in [2.24, 2.45) is 0 Å². The van der Waals surface area contributed by atoms with Crippen LogP contribution >= 0.6 is 0 Å². The van der Waals surface area contributed by atoms with Crippen LogP contribution in [0.15, 0.2) is 285 Å². The van der Waals surface area contributed by atoms with Gasteiger partial charge in [-0.2, -0.15) is 0 Å². The first-order valence-electron chi connectivity index (χ1n) is 24.2. The monoisotopic (exact) mass is 889 g/mol. The molecular weight excluding hydrogens is 843 g/mol. The number of hydrogen-bond acceptors (Lipinski definition) is 1. The molecular formula is C69H47N. The van der Waals surface area contributed by atoms with Crippen molar-refractivity contribution in [2.75, 3.05) is 4.90 Å². The first kappa shape index (κ1) is 41.2. The fourth-order valence-corrected chi connectivity index (χ4v) is 11.4. The minimum Gasteiger partial charge on any atom is -0.309 e. The van der Waals surface area contributed by atoms with Gasteiger partial charge in [-0.05, 0) is 119 Å². The van der Waals surface area contributed by atoms with Crippen LogP contribution in [0.3, 0.4) is 0 Å². The molecule has 70 heavy (non-hydrogen) atoms. The summed E-state index contributed by atoms with van der Waals surface area (Å²) in [6.45, 7) is 0. The van der Waals surface area contributed by atoms with Crippen molar-refractivity contribution in [1.29, 1.82) is 0 Å². The van der Waals surface area contributed by atoms with E-state index in [0.717, 1.165) is 22.6 Å². The van der Waals surface area contributed by atoms with Crippen molar-refractivity contribution in [1.82, 2.24) is 0 Å². The average molecular weight is 890 g/mol. The predicted octanol–water partition coefficient (Wildman–Crippen LogP) is 18.5. The predicted molar refractivity (Wildman–Crippen MR) is 295 cm³/mol. The quantitative estimate of drug-likeness (QED) is 0.131. The maximum Gasteiger partial charge on any atom is 0.0713 e. The Morgan fingerprint density at radius 1 is 0.243 bits per heavy atom. The van der Waals surface area contributed by atoms with Crippen molar-refractivity contribution >= 4 is 38.6 Å². The van der Waals surface area contributed by atoms with Crippen molar-refractivity contribution in [3.63, 3.8) is 0 Å². The number of nitrogens with zero attached hydrogens (tertiary/aromatic N) is 1. The molecule has 1 aliphatic rings. The van der Waals surface area contributed by atoms with Crippen molar-refractivity contribution < 1.29 is 0 Å². The van der Waals surface area contributed by atoms with E-state index in [0.29, 0.717) is 0 Å². The van der Waals surface area contributed by atoms with E-state index in [4.69, 9.17) is 0 Å². The van der Waals surface area contributed by atoms with Crippen LogP contribution in [0.1, 0.15) is 22.3 Å². The molecule has 0 saturated heterocycles. The highest BCUT2D eigenvalue weighted by Crippen LogP contribution is 2.58. The van der Waals surface area contributed by atoms with E-state index < -0.39 is 5.41 Å². The van der Waals surface area contributed by atoms with Gasteiger partial charge in [-0.15, -0.1) is 0 Å². The molecule has 1 aliphatic carbocycles. The molecule has 13 rings (SSSR count). The van der Waals surface area contributed by atoms with Gasteiger partial charge in [0.05, 0.1) is 11.1 Å². The van der Waals surface area contributed by atoms with Gasteiger partial charge in [0.1, 0.15) is 0 Å². The van der Waals surface area contributed by atoms with Crippen LogP contribution in [0.4, 0.5) is 17.1 Å². The van der Waals surface area contributed by atoms with E-state index >= 15 is 0 Å². The third-order valence-corrected chi connectivity index (χ3v) is 14.5. The Balaban J connectivity index is 1.08. The molecule has 0 bridgehead atoms. The number of hydrogen-bond donors (Lipinski definition) is 0. The Labute approximate surface area is 409 Å². The standard InChI is InChI=1S/C69H47N/c1-5-20-48(21-6-1)50-36-38-52(39-37-50)53-24-19-25-54(46-53)67-62-33-15-13-30-59(62)60-31-14-16-34-63(60)68(67)70(57-42-40-51(41-43-57)49-22-7-2-8-23-49)58-44-45-66-64(47-58)61-32-17-18-35-65(61)69(66,55-26-9-3-10-27-55)56-28-11-4-12-29-56/h1-47H. The highest BCUT2D eigenvalue weighted by atomic mass is 15.1. The topological polar surface area (TPSA) is 3.24 Å². The molecule has 0 aliphatic heterocycles. The number of benzene rings is 12. The minimum absolute atomic E-state index is 0.504. The zero-order valence-corrected chi connectivity index (χ0v) is 38.6. The second-order valence-electron chi connectivity index (χ2n) is 18.3. The fraction of sp³-hybridized carbons (Fsp3) is 0.0145. The third-order valence-electron chi connectivity index (χ3n) is 14.5. The molecule has 0 atom stereocenters. The third kappa shape index (κ3) is 6.78. The first-order chi connectivity index (χ1) is 34.7. The zero-order valence-electron chi connectivity index (χ0n) is 38.6. The van der Waals surface area contributed by atoms with Gasteiger partial charge < -0.3 is 4.90 Å². The van der Waals surface area contributed by atoms with E-state index in [1.165, 1.54) is 93.9 Å². The lowest BCUT2D eigenvalue weighted by molar-refractivity contribution is 0.768. The van der Waals surface area contributed by atoms with Gasteiger partial charge in [0.2, 0.25) is 0 Å². The van der Waals surface area contributed by atoms with Crippen LogP contribution in [0.5, 0.6) is 0 Å². The molecule has 328 valence electrons. The van der Waals surface area contributed by atoms with Crippen molar-refractivity contribution in [2.45, 2.75) is 5.41 Å². The molecule has 0 radical (unpaired) electrons. The van der Waals surface area contributed by atoms with Gasteiger partial charge in [-0.3, -0.25) is 0 Å². The number of anilines is 3. The summed E-state index contributed by atoms with van der Waals surface area (Å²) in [5.41, 5.74) is 19.9. The fourth-order valence-electron chi connectivity index (χ4n) is 11.4. The van der Waals surface area contributed by atoms with Crippen LogP contribution in [-0.4, -0.2) is 0 Å². The summed E-state index contributed by atoms with van der Waals surface area (Å²) in [6, 6.07) is 105. The van der Waals surface area contributed by atoms with Crippen molar-refractivity contribution in [3.05, 3.63) is 307 Å². The summed E-state index contributed by atoms with van der Waals surface area (Å²) in [5.74, 6) is 0. The molecule has 1 nitrogen and oxygen atoms in total. The lowest BCUT2D eigenvalue weighted by Crippen LogP contribution is -2.28.